The molecular formula is C11H12O. The van der Waals surface area contributed by atoms with Gasteiger partial charge >= 0.3 is 0 Å². The van der Waals surface area contributed by atoms with E-state index in [-0.39, 0.29) is 6.61 Å². The second-order valence-corrected chi connectivity index (χ2v) is 2.76. The fraction of sp³-hybridized carbons (Fsp3) is 0.273. The van der Waals surface area contributed by atoms with Crippen LogP contribution in [0.3, 0.4) is 0 Å². The van der Waals surface area contributed by atoms with Crippen LogP contribution in [0.1, 0.15) is 16.7 Å². The van der Waals surface area contributed by atoms with Crippen molar-refractivity contribution in [1.29, 1.82) is 0 Å². The number of rotatable bonds is 2. The molecule has 0 heterocycles. The van der Waals surface area contributed by atoms with Crippen molar-refractivity contribution in [3.63, 3.8) is 0 Å². The lowest BCUT2D eigenvalue weighted by Crippen LogP contribution is -1.94. The summed E-state index contributed by atoms with van der Waals surface area (Å²) >= 11 is 0. The lowest BCUT2D eigenvalue weighted by molar-refractivity contribution is 0.299. The summed E-state index contributed by atoms with van der Waals surface area (Å²) in [7, 11) is 0. The monoisotopic (exact) mass is 160 g/mol. The molecule has 1 heteroatoms. The van der Waals surface area contributed by atoms with Crippen LogP contribution in [0, 0.1) is 19.3 Å². The second-order valence-electron chi connectivity index (χ2n) is 2.76. The van der Waals surface area contributed by atoms with Gasteiger partial charge in [-0.3, -0.25) is 0 Å². The summed E-state index contributed by atoms with van der Waals surface area (Å²) in [5, 5.41) is 8.73. The number of hydrogen-bond acceptors (Lipinski definition) is 1. The highest BCUT2D eigenvalue weighted by Crippen LogP contribution is 2.10. The Morgan fingerprint density at radius 2 is 2.25 bits per heavy atom. The van der Waals surface area contributed by atoms with E-state index in [2.05, 4.69) is 5.92 Å². The normalized spacial score (nSPS) is 9.42. The molecular weight excluding hydrogens is 148 g/mol. The highest BCUT2D eigenvalue weighted by Gasteiger charge is 1.97. The van der Waals surface area contributed by atoms with Gasteiger partial charge in [0.2, 0.25) is 0 Å². The van der Waals surface area contributed by atoms with Gasteiger partial charge in [-0.2, -0.15) is 0 Å². The van der Waals surface area contributed by atoms with Gasteiger partial charge in [-0.25, -0.2) is 0 Å². The standard InChI is InChI=1S/C11H12O/c1-3-10-4-5-11(6-7-12)9(2)8-10/h1,4-5,8,12H,6-7H2,2H3. The van der Waals surface area contributed by atoms with Crippen LogP contribution < -0.4 is 0 Å². The van der Waals surface area contributed by atoms with E-state index in [0.29, 0.717) is 6.42 Å². The summed E-state index contributed by atoms with van der Waals surface area (Å²) in [6.07, 6.45) is 5.95. The third kappa shape index (κ3) is 1.87. The van der Waals surface area contributed by atoms with Crippen LogP contribution in [-0.4, -0.2) is 11.7 Å². The van der Waals surface area contributed by atoms with Crippen LogP contribution in [0.4, 0.5) is 0 Å². The summed E-state index contributed by atoms with van der Waals surface area (Å²) in [5.41, 5.74) is 3.21. The summed E-state index contributed by atoms with van der Waals surface area (Å²) < 4.78 is 0. The first-order valence-corrected chi connectivity index (χ1v) is 3.95. The number of aryl methyl sites for hydroxylation is 1. The zero-order valence-electron chi connectivity index (χ0n) is 7.17. The van der Waals surface area contributed by atoms with E-state index in [9.17, 15) is 0 Å². The van der Waals surface area contributed by atoms with E-state index < -0.39 is 0 Å². The molecule has 0 aliphatic carbocycles. The second kappa shape index (κ2) is 3.94. The van der Waals surface area contributed by atoms with Gasteiger partial charge in [0, 0.05) is 12.2 Å². The Bertz CT molecular complexity index is 307. The summed E-state index contributed by atoms with van der Waals surface area (Å²) in [6, 6.07) is 5.84. The highest BCUT2D eigenvalue weighted by atomic mass is 16.2. The fourth-order valence-electron chi connectivity index (χ4n) is 1.19. The lowest BCUT2D eigenvalue weighted by Gasteiger charge is -2.03. The van der Waals surface area contributed by atoms with Crippen molar-refractivity contribution in [1.82, 2.24) is 0 Å². The largest absolute Gasteiger partial charge is 0.396 e. The number of hydrogen-bond donors (Lipinski definition) is 1. The number of terminal acetylenes is 1. The minimum absolute atomic E-state index is 0.191. The van der Waals surface area contributed by atoms with Crippen LogP contribution in [0.2, 0.25) is 0 Å². The van der Waals surface area contributed by atoms with Gasteiger partial charge in [-0.1, -0.05) is 12.0 Å². The Morgan fingerprint density at radius 3 is 2.75 bits per heavy atom. The third-order valence-corrected chi connectivity index (χ3v) is 1.89. The van der Waals surface area contributed by atoms with Crippen LogP contribution in [-0.2, 0) is 6.42 Å². The summed E-state index contributed by atoms with van der Waals surface area (Å²) in [6.45, 7) is 2.20. The molecule has 1 rings (SSSR count). The van der Waals surface area contributed by atoms with E-state index in [1.165, 1.54) is 0 Å². The molecule has 12 heavy (non-hydrogen) atoms. The fourth-order valence-corrected chi connectivity index (χ4v) is 1.19. The molecule has 62 valence electrons. The van der Waals surface area contributed by atoms with Gasteiger partial charge in [0.05, 0.1) is 0 Å². The number of aliphatic hydroxyl groups excluding tert-OH is 1. The summed E-state index contributed by atoms with van der Waals surface area (Å²) in [4.78, 5) is 0. The topological polar surface area (TPSA) is 20.2 Å². The molecule has 1 aromatic carbocycles. The smallest absolute Gasteiger partial charge is 0.0471 e. The molecule has 1 aromatic rings. The molecule has 0 atom stereocenters. The van der Waals surface area contributed by atoms with E-state index in [1.54, 1.807) is 0 Å². The van der Waals surface area contributed by atoms with Gasteiger partial charge in [0.1, 0.15) is 0 Å². The maximum atomic E-state index is 8.73. The van der Waals surface area contributed by atoms with Gasteiger partial charge < -0.3 is 5.11 Å². The van der Waals surface area contributed by atoms with Gasteiger partial charge in [-0.15, -0.1) is 6.42 Å². The Balaban J connectivity index is 2.97. The first-order chi connectivity index (χ1) is 5.77. The van der Waals surface area contributed by atoms with E-state index >= 15 is 0 Å². The van der Waals surface area contributed by atoms with Gasteiger partial charge in [-0.05, 0) is 36.6 Å². The van der Waals surface area contributed by atoms with E-state index in [1.807, 2.05) is 25.1 Å². The van der Waals surface area contributed by atoms with Crippen molar-refractivity contribution in [2.75, 3.05) is 6.61 Å². The molecule has 0 aliphatic heterocycles. The first kappa shape index (κ1) is 8.83. The Kier molecular flexibility index (Phi) is 2.90. The van der Waals surface area contributed by atoms with Crippen molar-refractivity contribution in [3.8, 4) is 12.3 Å². The van der Waals surface area contributed by atoms with Crippen LogP contribution in [0.5, 0.6) is 0 Å². The minimum atomic E-state index is 0.191. The third-order valence-electron chi connectivity index (χ3n) is 1.89. The lowest BCUT2D eigenvalue weighted by atomic mass is 10.0. The Hall–Kier alpha value is -1.26. The molecule has 0 aromatic heterocycles. The maximum absolute atomic E-state index is 8.73. The molecule has 0 fully saturated rings. The zero-order valence-corrected chi connectivity index (χ0v) is 7.17. The van der Waals surface area contributed by atoms with E-state index in [4.69, 9.17) is 11.5 Å². The molecule has 0 radical (unpaired) electrons. The van der Waals surface area contributed by atoms with Crippen LogP contribution in [0.25, 0.3) is 0 Å². The maximum Gasteiger partial charge on any atom is 0.0471 e. The predicted octanol–water partition coefficient (Wildman–Crippen LogP) is 1.51. The Morgan fingerprint density at radius 1 is 1.50 bits per heavy atom. The van der Waals surface area contributed by atoms with Crippen LogP contribution >= 0.6 is 0 Å². The average molecular weight is 160 g/mol. The van der Waals surface area contributed by atoms with Crippen molar-refractivity contribution in [3.05, 3.63) is 34.9 Å². The molecule has 0 bridgehead atoms. The minimum Gasteiger partial charge on any atom is -0.396 e. The van der Waals surface area contributed by atoms with Crippen LogP contribution in [0.15, 0.2) is 18.2 Å². The average Bonchev–Trinajstić information content (AvgIpc) is 2.09. The molecule has 1 N–H and O–H groups in total. The van der Waals surface area contributed by atoms with Crippen molar-refractivity contribution in [2.45, 2.75) is 13.3 Å². The number of benzene rings is 1. The van der Waals surface area contributed by atoms with Gasteiger partial charge in [0.25, 0.3) is 0 Å². The highest BCUT2D eigenvalue weighted by molar-refractivity contribution is 5.39. The number of aliphatic hydroxyl groups is 1. The molecule has 0 saturated carbocycles. The molecule has 0 amide bonds. The molecule has 0 saturated heterocycles. The molecule has 0 aliphatic rings. The van der Waals surface area contributed by atoms with Crippen molar-refractivity contribution in [2.24, 2.45) is 0 Å². The molecule has 0 unspecified atom stereocenters. The predicted molar refractivity (Wildman–Crippen MR) is 49.9 cm³/mol. The first-order valence-electron chi connectivity index (χ1n) is 3.95. The van der Waals surface area contributed by atoms with Crippen molar-refractivity contribution < 1.29 is 5.11 Å². The Labute approximate surface area is 73.0 Å². The summed E-state index contributed by atoms with van der Waals surface area (Å²) in [5.74, 6) is 2.57. The van der Waals surface area contributed by atoms with Crippen molar-refractivity contribution >= 4 is 0 Å². The van der Waals surface area contributed by atoms with Gasteiger partial charge in [0.15, 0.2) is 0 Å². The zero-order chi connectivity index (χ0) is 8.97. The molecule has 0 spiro atoms. The molecule has 1 nitrogen and oxygen atoms in total. The van der Waals surface area contributed by atoms with E-state index in [0.717, 1.165) is 16.7 Å². The SMILES string of the molecule is C#Cc1ccc(CCO)c(C)c1. The quantitative estimate of drug-likeness (QED) is 0.650.